The van der Waals surface area contributed by atoms with Crippen LogP contribution in [0, 0.1) is 6.92 Å². The van der Waals surface area contributed by atoms with Gasteiger partial charge >= 0.3 is 0 Å². The minimum Gasteiger partial charge on any atom is -0.380 e. The van der Waals surface area contributed by atoms with E-state index in [2.05, 4.69) is 15.2 Å². The van der Waals surface area contributed by atoms with Crippen molar-refractivity contribution in [2.75, 3.05) is 39.4 Å². The van der Waals surface area contributed by atoms with Crippen LogP contribution in [0.5, 0.6) is 0 Å². The highest BCUT2D eigenvalue weighted by atomic mass is 32.1. The number of ketones is 2. The third-order valence-electron chi connectivity index (χ3n) is 3.54. The van der Waals surface area contributed by atoms with Gasteiger partial charge in [0, 0.05) is 32.3 Å². The van der Waals surface area contributed by atoms with Crippen LogP contribution in [0.15, 0.2) is 11.8 Å². The van der Waals surface area contributed by atoms with E-state index in [-0.39, 0.29) is 11.6 Å². The van der Waals surface area contributed by atoms with Crippen molar-refractivity contribution in [1.82, 2.24) is 15.2 Å². The van der Waals surface area contributed by atoms with Crippen molar-refractivity contribution in [3.8, 4) is 0 Å². The zero-order valence-corrected chi connectivity index (χ0v) is 12.7. The number of Topliss-reactive ketones (excluding diaryl/α,β-unsaturated/α-hetero) is 1. The molecule has 1 saturated heterocycles. The average Bonchev–Trinajstić information content (AvgIpc) is 2.88. The zero-order chi connectivity index (χ0) is 14.8. The highest BCUT2D eigenvalue weighted by Gasteiger charge is 2.29. The van der Waals surface area contributed by atoms with Gasteiger partial charge in [-0.3, -0.25) is 14.5 Å². The predicted molar refractivity (Wildman–Crippen MR) is 78.9 cm³/mol. The second kappa shape index (κ2) is 6.05. The molecular formula is C14H17N3O3S. The second-order valence-electron chi connectivity index (χ2n) is 5.04. The van der Waals surface area contributed by atoms with Crippen molar-refractivity contribution in [2.45, 2.75) is 6.92 Å². The molecule has 0 saturated carbocycles. The molecule has 1 fully saturated rings. The predicted octanol–water partition coefficient (Wildman–Crippen LogP) is 0.636. The number of carbonyl (C=O) groups is 2. The summed E-state index contributed by atoms with van der Waals surface area (Å²) in [6.45, 7) is 6.57. The second-order valence-corrected chi connectivity index (χ2v) is 6.25. The number of thiazole rings is 1. The van der Waals surface area contributed by atoms with Gasteiger partial charge in [-0.05, 0) is 6.92 Å². The first kappa shape index (κ1) is 14.4. The van der Waals surface area contributed by atoms with Gasteiger partial charge in [0.15, 0.2) is 5.78 Å². The van der Waals surface area contributed by atoms with E-state index < -0.39 is 0 Å². The van der Waals surface area contributed by atoms with Crippen LogP contribution in [0.4, 0.5) is 0 Å². The Hall–Kier alpha value is -1.57. The molecule has 1 aliphatic heterocycles. The lowest BCUT2D eigenvalue weighted by Crippen LogP contribution is -2.41. The molecule has 2 aliphatic rings. The topological polar surface area (TPSA) is 71.5 Å². The Morgan fingerprint density at radius 1 is 1.38 bits per heavy atom. The van der Waals surface area contributed by atoms with E-state index in [1.54, 1.807) is 6.92 Å². The van der Waals surface area contributed by atoms with Crippen molar-refractivity contribution in [3.63, 3.8) is 0 Å². The molecule has 0 bridgehead atoms. The van der Waals surface area contributed by atoms with Crippen molar-refractivity contribution in [1.29, 1.82) is 0 Å². The van der Waals surface area contributed by atoms with Crippen molar-refractivity contribution in [3.05, 3.63) is 27.4 Å². The Morgan fingerprint density at radius 2 is 2.14 bits per heavy atom. The molecule has 0 unspecified atom stereocenters. The maximum Gasteiger partial charge on any atom is 0.228 e. The standard InChI is InChI=1S/C14H17N3O3S/c1-9-16-12-13(19)10(8-11(18)14(12)21-9)15-2-3-17-4-6-20-7-5-17/h8,15H,2-7H2,1H3. The lowest BCUT2D eigenvalue weighted by atomic mass is 10.0. The number of fused-ring (bicyclic) bond motifs is 1. The average molecular weight is 307 g/mol. The van der Waals surface area contributed by atoms with Crippen molar-refractivity contribution < 1.29 is 14.3 Å². The van der Waals surface area contributed by atoms with Crippen molar-refractivity contribution >= 4 is 22.9 Å². The molecule has 1 aromatic rings. The minimum atomic E-state index is -0.184. The number of hydrogen-bond acceptors (Lipinski definition) is 7. The normalized spacial score (nSPS) is 19.4. The quantitative estimate of drug-likeness (QED) is 0.880. The Labute approximate surface area is 126 Å². The molecule has 21 heavy (non-hydrogen) atoms. The maximum absolute atomic E-state index is 12.3. The molecule has 0 radical (unpaired) electrons. The number of aromatic nitrogens is 1. The molecule has 112 valence electrons. The first-order valence-electron chi connectivity index (χ1n) is 6.97. The van der Waals surface area contributed by atoms with E-state index in [0.29, 0.717) is 22.8 Å². The van der Waals surface area contributed by atoms with E-state index in [0.717, 1.165) is 37.9 Å². The number of rotatable bonds is 4. The van der Waals surface area contributed by atoms with Gasteiger partial charge in [0.2, 0.25) is 5.78 Å². The Kier molecular flexibility index (Phi) is 4.14. The van der Waals surface area contributed by atoms with Crippen LogP contribution < -0.4 is 5.32 Å². The minimum absolute atomic E-state index is 0.135. The zero-order valence-electron chi connectivity index (χ0n) is 11.8. The molecule has 1 aromatic heterocycles. The smallest absolute Gasteiger partial charge is 0.228 e. The number of nitrogens with zero attached hydrogens (tertiary/aromatic N) is 2. The highest BCUT2D eigenvalue weighted by Crippen LogP contribution is 2.25. The number of ether oxygens (including phenoxy) is 1. The number of morpholine rings is 1. The summed E-state index contributed by atoms with van der Waals surface area (Å²) in [5.74, 6) is -0.319. The molecule has 0 atom stereocenters. The molecule has 3 rings (SSSR count). The summed E-state index contributed by atoms with van der Waals surface area (Å²) in [4.78, 5) is 31.2. The first-order valence-corrected chi connectivity index (χ1v) is 7.79. The monoisotopic (exact) mass is 307 g/mol. The van der Waals surface area contributed by atoms with Crippen LogP contribution >= 0.6 is 11.3 Å². The summed E-state index contributed by atoms with van der Waals surface area (Å²) < 4.78 is 5.29. The Balaban J connectivity index is 1.61. The molecule has 0 spiro atoms. The maximum atomic E-state index is 12.3. The van der Waals surface area contributed by atoms with Crippen LogP contribution in [0.25, 0.3) is 0 Å². The molecule has 1 N–H and O–H groups in total. The molecule has 1 aliphatic carbocycles. The van der Waals surface area contributed by atoms with Gasteiger partial charge in [-0.1, -0.05) is 0 Å². The van der Waals surface area contributed by atoms with Crippen LogP contribution in [-0.2, 0) is 4.74 Å². The third kappa shape index (κ3) is 3.04. The van der Waals surface area contributed by atoms with E-state index in [4.69, 9.17) is 4.74 Å². The summed E-state index contributed by atoms with van der Waals surface area (Å²) in [5, 5.41) is 3.81. The molecule has 7 heteroatoms. The molecule has 0 amide bonds. The van der Waals surface area contributed by atoms with E-state index >= 15 is 0 Å². The lowest BCUT2D eigenvalue weighted by Gasteiger charge is -2.26. The Morgan fingerprint density at radius 3 is 2.90 bits per heavy atom. The number of carbonyl (C=O) groups excluding carboxylic acids is 2. The number of aryl methyl sites for hydroxylation is 1. The SMILES string of the molecule is Cc1nc2c(s1)C(=O)C=C(NCCN1CCOCC1)C2=O. The van der Waals surface area contributed by atoms with E-state index in [1.807, 2.05) is 0 Å². The summed E-state index contributed by atoms with van der Waals surface area (Å²) in [6.07, 6.45) is 1.39. The Bertz CT molecular complexity index is 603. The summed E-state index contributed by atoms with van der Waals surface area (Å²) in [7, 11) is 0. The fourth-order valence-electron chi connectivity index (χ4n) is 2.44. The number of hydrogen-bond donors (Lipinski definition) is 1. The van der Waals surface area contributed by atoms with Gasteiger partial charge in [-0.2, -0.15) is 0 Å². The summed E-state index contributed by atoms with van der Waals surface area (Å²) in [5.41, 5.74) is 0.643. The highest BCUT2D eigenvalue weighted by molar-refractivity contribution is 7.14. The van der Waals surface area contributed by atoms with Crippen LogP contribution in [0.2, 0.25) is 0 Å². The van der Waals surface area contributed by atoms with Gasteiger partial charge in [0.05, 0.1) is 23.9 Å². The molecular weight excluding hydrogens is 290 g/mol. The van der Waals surface area contributed by atoms with Gasteiger partial charge in [0.25, 0.3) is 0 Å². The van der Waals surface area contributed by atoms with Crippen molar-refractivity contribution in [2.24, 2.45) is 0 Å². The van der Waals surface area contributed by atoms with Gasteiger partial charge in [-0.15, -0.1) is 11.3 Å². The van der Waals surface area contributed by atoms with Gasteiger partial charge < -0.3 is 10.1 Å². The van der Waals surface area contributed by atoms with Gasteiger partial charge in [-0.25, -0.2) is 4.98 Å². The number of allylic oxidation sites excluding steroid dienone is 2. The van der Waals surface area contributed by atoms with Gasteiger partial charge in [0.1, 0.15) is 10.6 Å². The third-order valence-corrected chi connectivity index (χ3v) is 4.53. The lowest BCUT2D eigenvalue weighted by molar-refractivity contribution is 0.0386. The molecule has 2 heterocycles. The molecule has 0 aromatic carbocycles. The number of nitrogens with one attached hydrogen (secondary N) is 1. The van der Waals surface area contributed by atoms with Crippen LogP contribution in [0.3, 0.4) is 0 Å². The summed E-state index contributed by atoms with van der Waals surface area (Å²) in [6, 6.07) is 0. The fraction of sp³-hybridized carbons (Fsp3) is 0.500. The largest absolute Gasteiger partial charge is 0.380 e. The van der Waals surface area contributed by atoms with E-state index in [1.165, 1.54) is 17.4 Å². The van der Waals surface area contributed by atoms with Crippen LogP contribution in [0.1, 0.15) is 25.2 Å². The van der Waals surface area contributed by atoms with E-state index in [9.17, 15) is 9.59 Å². The summed E-state index contributed by atoms with van der Waals surface area (Å²) >= 11 is 1.27. The first-order chi connectivity index (χ1) is 10.1. The molecule has 6 nitrogen and oxygen atoms in total. The van der Waals surface area contributed by atoms with Crippen LogP contribution in [-0.4, -0.2) is 60.8 Å². The fourth-order valence-corrected chi connectivity index (χ4v) is 3.27.